The second-order valence-corrected chi connectivity index (χ2v) is 3.39. The first-order valence-electron chi connectivity index (χ1n) is 4.81. The first-order valence-corrected chi connectivity index (χ1v) is 4.81. The maximum atomic E-state index is 10.8. The summed E-state index contributed by atoms with van der Waals surface area (Å²) in [7, 11) is 1.51. The third-order valence-electron chi connectivity index (χ3n) is 2.32. The van der Waals surface area contributed by atoms with E-state index in [4.69, 9.17) is 14.6 Å². The third kappa shape index (κ3) is 2.08. The predicted octanol–water partition coefficient (Wildman–Crippen LogP) is 1.95. The van der Waals surface area contributed by atoms with Gasteiger partial charge in [0.1, 0.15) is 23.5 Å². The number of ether oxygens (including phenoxy) is 2. The highest BCUT2D eigenvalue weighted by Gasteiger charge is 2.16. The van der Waals surface area contributed by atoms with Gasteiger partial charge in [-0.2, -0.15) is 0 Å². The summed E-state index contributed by atoms with van der Waals surface area (Å²) in [5.74, 6) is -0.428. The maximum Gasteiger partial charge on any atom is 0.338 e. The van der Waals surface area contributed by atoms with Crippen LogP contribution in [0.5, 0.6) is 11.5 Å². The molecule has 0 aromatic heterocycles. The summed E-state index contributed by atoms with van der Waals surface area (Å²) in [5.41, 5.74) is 0.288. The number of aliphatic hydroxyl groups excluding tert-OH is 1. The Kier molecular flexibility index (Phi) is 2.74. The van der Waals surface area contributed by atoms with Crippen molar-refractivity contribution in [3.63, 3.8) is 0 Å². The molecule has 0 radical (unpaired) electrons. The molecule has 1 heterocycles. The quantitative estimate of drug-likeness (QED) is 0.817. The van der Waals surface area contributed by atoms with Crippen molar-refractivity contribution in [2.75, 3.05) is 7.11 Å². The standard InChI is InChI=1S/C12H10O5/c1-16-8-2-3-9-10(13)4-7(12(14)15)6-17-11(9)5-8/h2-6,13H,1H3,(H,14,15). The van der Waals surface area contributed by atoms with Crippen molar-refractivity contribution < 1.29 is 24.5 Å². The summed E-state index contributed by atoms with van der Waals surface area (Å²) >= 11 is 0. The Morgan fingerprint density at radius 2 is 2.18 bits per heavy atom. The van der Waals surface area contributed by atoms with Gasteiger partial charge in [0.05, 0.1) is 18.2 Å². The zero-order valence-corrected chi connectivity index (χ0v) is 9.01. The number of carboxylic acid groups (broad SMARTS) is 1. The van der Waals surface area contributed by atoms with E-state index >= 15 is 0 Å². The van der Waals surface area contributed by atoms with Crippen molar-refractivity contribution in [1.29, 1.82) is 0 Å². The van der Waals surface area contributed by atoms with E-state index < -0.39 is 5.97 Å². The van der Waals surface area contributed by atoms with E-state index in [-0.39, 0.29) is 11.3 Å². The monoisotopic (exact) mass is 234 g/mol. The van der Waals surface area contributed by atoms with Crippen LogP contribution in [0.2, 0.25) is 0 Å². The van der Waals surface area contributed by atoms with Crippen molar-refractivity contribution in [2.45, 2.75) is 0 Å². The van der Waals surface area contributed by atoms with E-state index in [2.05, 4.69) is 0 Å². The van der Waals surface area contributed by atoms with Gasteiger partial charge in [0.2, 0.25) is 0 Å². The molecule has 88 valence electrons. The molecule has 17 heavy (non-hydrogen) atoms. The number of aliphatic carboxylic acids is 1. The topological polar surface area (TPSA) is 76.0 Å². The van der Waals surface area contributed by atoms with Crippen LogP contribution in [0.15, 0.2) is 36.1 Å². The second kappa shape index (κ2) is 4.21. The molecule has 1 aliphatic heterocycles. The lowest BCUT2D eigenvalue weighted by Crippen LogP contribution is -1.98. The van der Waals surface area contributed by atoms with Crippen LogP contribution >= 0.6 is 0 Å². The molecule has 0 saturated heterocycles. The minimum absolute atomic E-state index is 0.127. The van der Waals surface area contributed by atoms with E-state index in [0.717, 1.165) is 12.3 Å². The van der Waals surface area contributed by atoms with Crippen LogP contribution in [0, 0.1) is 0 Å². The molecule has 1 aliphatic rings. The highest BCUT2D eigenvalue weighted by Crippen LogP contribution is 2.32. The van der Waals surface area contributed by atoms with Gasteiger partial charge in [-0.1, -0.05) is 0 Å². The molecule has 0 unspecified atom stereocenters. The minimum Gasteiger partial charge on any atom is -0.507 e. The summed E-state index contributed by atoms with van der Waals surface area (Å²) < 4.78 is 10.2. The van der Waals surface area contributed by atoms with Gasteiger partial charge in [-0.05, 0) is 18.2 Å². The lowest BCUT2D eigenvalue weighted by atomic mass is 10.1. The fourth-order valence-corrected chi connectivity index (χ4v) is 1.44. The van der Waals surface area contributed by atoms with Gasteiger partial charge in [-0.15, -0.1) is 0 Å². The molecule has 0 saturated carbocycles. The maximum absolute atomic E-state index is 10.8. The fourth-order valence-electron chi connectivity index (χ4n) is 1.44. The van der Waals surface area contributed by atoms with E-state index in [1.807, 2.05) is 0 Å². The lowest BCUT2D eigenvalue weighted by Gasteiger charge is -2.07. The van der Waals surface area contributed by atoms with Crippen LogP contribution in [0.4, 0.5) is 0 Å². The van der Waals surface area contributed by atoms with Crippen LogP contribution in [0.3, 0.4) is 0 Å². The Balaban J connectivity index is 2.49. The SMILES string of the molecule is COc1ccc2c(c1)OC=C(C(=O)O)C=C2O. The van der Waals surface area contributed by atoms with Crippen molar-refractivity contribution in [3.8, 4) is 11.5 Å². The molecule has 0 spiro atoms. The zero-order valence-electron chi connectivity index (χ0n) is 9.01. The van der Waals surface area contributed by atoms with Crippen molar-refractivity contribution >= 4 is 11.7 Å². The molecule has 1 aromatic carbocycles. The summed E-state index contributed by atoms with van der Waals surface area (Å²) in [6, 6.07) is 4.82. The Labute approximate surface area is 97.2 Å². The number of rotatable bonds is 2. The van der Waals surface area contributed by atoms with Crippen LogP contribution < -0.4 is 9.47 Å². The lowest BCUT2D eigenvalue weighted by molar-refractivity contribution is -0.132. The minimum atomic E-state index is -1.17. The molecular formula is C12H10O5. The summed E-state index contributed by atoms with van der Waals surface area (Å²) in [4.78, 5) is 10.8. The smallest absolute Gasteiger partial charge is 0.338 e. The fraction of sp³-hybridized carbons (Fsp3) is 0.0833. The molecule has 0 atom stereocenters. The Morgan fingerprint density at radius 1 is 1.41 bits per heavy atom. The van der Waals surface area contributed by atoms with Crippen LogP contribution in [-0.4, -0.2) is 23.3 Å². The van der Waals surface area contributed by atoms with E-state index in [1.165, 1.54) is 7.11 Å². The predicted molar refractivity (Wildman–Crippen MR) is 59.9 cm³/mol. The zero-order chi connectivity index (χ0) is 12.4. The van der Waals surface area contributed by atoms with Crippen molar-refractivity contribution in [1.82, 2.24) is 0 Å². The number of carbonyl (C=O) groups is 1. The molecule has 0 fully saturated rings. The highest BCUT2D eigenvalue weighted by atomic mass is 16.5. The van der Waals surface area contributed by atoms with E-state index in [1.54, 1.807) is 18.2 Å². The normalized spacial score (nSPS) is 13.7. The molecule has 0 amide bonds. The highest BCUT2D eigenvalue weighted by molar-refractivity contribution is 5.92. The number of aliphatic hydroxyl groups is 1. The number of hydrogen-bond acceptors (Lipinski definition) is 4. The van der Waals surface area contributed by atoms with E-state index in [9.17, 15) is 9.90 Å². The Bertz CT molecular complexity index is 528. The summed E-state index contributed by atoms with van der Waals surface area (Å²) in [6.45, 7) is 0. The first kappa shape index (κ1) is 11.1. The van der Waals surface area contributed by atoms with E-state index in [0.29, 0.717) is 17.1 Å². The molecule has 0 aliphatic carbocycles. The van der Waals surface area contributed by atoms with Gasteiger partial charge in [0.15, 0.2) is 0 Å². The van der Waals surface area contributed by atoms with Gasteiger partial charge < -0.3 is 19.7 Å². The number of benzene rings is 1. The number of hydrogen-bond donors (Lipinski definition) is 2. The van der Waals surface area contributed by atoms with Gasteiger partial charge in [0, 0.05) is 6.07 Å². The van der Waals surface area contributed by atoms with Gasteiger partial charge >= 0.3 is 5.97 Å². The second-order valence-electron chi connectivity index (χ2n) is 3.39. The molecule has 0 bridgehead atoms. The molecule has 1 aromatic rings. The molecule has 2 rings (SSSR count). The molecule has 2 N–H and O–H groups in total. The number of carboxylic acids is 1. The van der Waals surface area contributed by atoms with Gasteiger partial charge in [-0.3, -0.25) is 0 Å². The summed E-state index contributed by atoms with van der Waals surface area (Å²) in [6.07, 6.45) is 2.21. The van der Waals surface area contributed by atoms with Crippen molar-refractivity contribution in [3.05, 3.63) is 41.7 Å². The average Bonchev–Trinajstić information content (AvgIpc) is 2.48. The van der Waals surface area contributed by atoms with Crippen LogP contribution in [0.1, 0.15) is 5.56 Å². The molecular weight excluding hydrogens is 224 g/mol. The van der Waals surface area contributed by atoms with Gasteiger partial charge in [0.25, 0.3) is 0 Å². The number of methoxy groups -OCH3 is 1. The van der Waals surface area contributed by atoms with Crippen LogP contribution in [0.25, 0.3) is 5.76 Å². The Hall–Kier alpha value is -2.43. The Morgan fingerprint density at radius 3 is 2.82 bits per heavy atom. The number of fused-ring (bicyclic) bond motifs is 1. The first-order chi connectivity index (χ1) is 8.11. The molecule has 5 nitrogen and oxygen atoms in total. The average molecular weight is 234 g/mol. The van der Waals surface area contributed by atoms with Gasteiger partial charge in [-0.25, -0.2) is 4.79 Å². The third-order valence-corrected chi connectivity index (χ3v) is 2.32. The van der Waals surface area contributed by atoms with Crippen molar-refractivity contribution in [2.24, 2.45) is 0 Å². The summed E-state index contributed by atoms with van der Waals surface area (Å²) in [5, 5.41) is 18.6. The largest absolute Gasteiger partial charge is 0.507 e. The van der Waals surface area contributed by atoms with Crippen LogP contribution in [-0.2, 0) is 4.79 Å². The molecule has 5 heteroatoms.